The molecule has 2 aromatic heterocycles. The number of nitrogens with zero attached hydrogens (tertiary/aromatic N) is 3. The molecule has 44 heavy (non-hydrogen) atoms. The van der Waals surface area contributed by atoms with E-state index in [2.05, 4.69) is 4.57 Å². The number of carbonyl (C=O) groups is 1. The summed E-state index contributed by atoms with van der Waals surface area (Å²) < 4.78 is 9.66. The van der Waals surface area contributed by atoms with Gasteiger partial charge in [0.1, 0.15) is 0 Å². The molecule has 10 heteroatoms. The van der Waals surface area contributed by atoms with Gasteiger partial charge in [0, 0.05) is 27.7 Å². The number of aryl methyl sites for hydroxylation is 1. The predicted octanol–water partition coefficient (Wildman–Crippen LogP) is 7.30. The molecule has 1 aliphatic rings. The highest BCUT2D eigenvalue weighted by Crippen LogP contribution is 2.35. The largest absolute Gasteiger partial charge is 0.463 e. The van der Waals surface area contributed by atoms with Gasteiger partial charge in [-0.2, -0.15) is 0 Å². The van der Waals surface area contributed by atoms with Crippen LogP contribution in [-0.4, -0.2) is 21.7 Å². The molecular formula is C34H26Cl3N3O3S. The number of halogens is 3. The Labute approximate surface area is 272 Å². The zero-order valence-electron chi connectivity index (χ0n) is 24.0. The number of fused-ring (bicyclic) bond motifs is 1. The van der Waals surface area contributed by atoms with E-state index in [9.17, 15) is 9.59 Å². The first kappa shape index (κ1) is 30.2. The van der Waals surface area contributed by atoms with Gasteiger partial charge in [-0.15, -0.1) is 0 Å². The van der Waals surface area contributed by atoms with E-state index >= 15 is 0 Å². The van der Waals surface area contributed by atoms with Gasteiger partial charge in [0.05, 0.1) is 38.5 Å². The van der Waals surface area contributed by atoms with E-state index in [1.807, 2.05) is 80.6 Å². The predicted molar refractivity (Wildman–Crippen MR) is 178 cm³/mol. The molecule has 0 N–H and O–H groups in total. The Morgan fingerprint density at radius 2 is 1.70 bits per heavy atom. The molecule has 0 unspecified atom stereocenters. The summed E-state index contributed by atoms with van der Waals surface area (Å²) in [4.78, 5) is 33.2. The van der Waals surface area contributed by atoms with E-state index in [1.54, 1.807) is 29.7 Å². The maximum absolute atomic E-state index is 14.2. The van der Waals surface area contributed by atoms with Crippen LogP contribution >= 0.6 is 46.1 Å². The first-order valence-electron chi connectivity index (χ1n) is 13.9. The molecule has 3 heterocycles. The van der Waals surface area contributed by atoms with Gasteiger partial charge in [0.2, 0.25) is 0 Å². The van der Waals surface area contributed by atoms with Gasteiger partial charge >= 0.3 is 5.97 Å². The molecule has 0 spiro atoms. The Morgan fingerprint density at radius 3 is 2.39 bits per heavy atom. The van der Waals surface area contributed by atoms with Crippen LogP contribution in [-0.2, 0) is 9.53 Å². The molecule has 6 nitrogen and oxygen atoms in total. The number of rotatable bonds is 6. The standard InChI is InChI=1S/C34H26Cl3N3O3S/c1-4-43-33(42)29-30(21-8-6-5-7-9-21)38-34-40(31(29)22-10-12-24(35)13-11-22)32(41)28(44-34)17-23-16-19(2)39(20(23)3)25-14-15-26(36)27(37)18-25/h5-18,31H,4H2,1-3H3/b28-17-/t31-/m1/s1. The first-order valence-corrected chi connectivity index (χ1v) is 15.8. The van der Waals surface area contributed by atoms with Gasteiger partial charge in [-0.3, -0.25) is 9.36 Å². The summed E-state index contributed by atoms with van der Waals surface area (Å²) in [6.45, 7) is 5.91. The maximum Gasteiger partial charge on any atom is 0.338 e. The number of aromatic nitrogens is 2. The third-order valence-corrected chi connectivity index (χ3v) is 9.45. The summed E-state index contributed by atoms with van der Waals surface area (Å²) in [5.74, 6) is -0.533. The van der Waals surface area contributed by atoms with Crippen molar-refractivity contribution >= 4 is 63.9 Å². The van der Waals surface area contributed by atoms with Gasteiger partial charge in [-0.25, -0.2) is 9.79 Å². The average molecular weight is 663 g/mol. The fourth-order valence-corrected chi connectivity index (χ4v) is 6.91. The summed E-state index contributed by atoms with van der Waals surface area (Å²) in [6.07, 6.45) is 1.87. The number of esters is 1. The maximum atomic E-state index is 14.2. The summed E-state index contributed by atoms with van der Waals surface area (Å²) in [7, 11) is 0. The quantitative estimate of drug-likeness (QED) is 0.179. The first-order chi connectivity index (χ1) is 21.2. The Morgan fingerprint density at radius 1 is 0.977 bits per heavy atom. The highest BCUT2D eigenvalue weighted by molar-refractivity contribution is 7.07. The molecule has 0 saturated carbocycles. The molecule has 6 rings (SSSR count). The normalized spacial score (nSPS) is 14.9. The van der Waals surface area contributed by atoms with Gasteiger partial charge in [-0.05, 0) is 74.4 Å². The van der Waals surface area contributed by atoms with Crippen LogP contribution in [0.4, 0.5) is 0 Å². The average Bonchev–Trinajstić information content (AvgIpc) is 3.48. The lowest BCUT2D eigenvalue weighted by Crippen LogP contribution is -2.40. The minimum Gasteiger partial charge on any atom is -0.463 e. The molecule has 1 aliphatic heterocycles. The van der Waals surface area contributed by atoms with Crippen LogP contribution in [0, 0.1) is 13.8 Å². The van der Waals surface area contributed by atoms with Crippen molar-refractivity contribution in [2.24, 2.45) is 4.99 Å². The zero-order valence-corrected chi connectivity index (χ0v) is 27.1. The lowest BCUT2D eigenvalue weighted by Gasteiger charge is -2.25. The van der Waals surface area contributed by atoms with Crippen LogP contribution in [0.3, 0.4) is 0 Å². The number of hydrogen-bond donors (Lipinski definition) is 0. The SMILES string of the molecule is CCOC(=O)C1=C(c2ccccc2)N=c2s/c(=C\c3cc(C)n(-c4ccc(Cl)c(Cl)c4)c3C)c(=O)n2[C@@H]1c1ccc(Cl)cc1. The third kappa shape index (κ3) is 5.46. The summed E-state index contributed by atoms with van der Waals surface area (Å²) in [5, 5.41) is 1.48. The fraction of sp³-hybridized carbons (Fsp3) is 0.147. The van der Waals surface area contributed by atoms with E-state index in [4.69, 9.17) is 44.5 Å². The fourth-order valence-electron chi connectivity index (χ4n) is 5.50. The lowest BCUT2D eigenvalue weighted by atomic mass is 9.93. The van der Waals surface area contributed by atoms with Crippen molar-refractivity contribution in [1.29, 1.82) is 0 Å². The molecule has 0 fully saturated rings. The summed E-state index contributed by atoms with van der Waals surface area (Å²) >= 11 is 20.0. The van der Waals surface area contributed by atoms with E-state index in [0.29, 0.717) is 35.7 Å². The molecule has 0 saturated heterocycles. The zero-order chi connectivity index (χ0) is 31.1. The van der Waals surface area contributed by atoms with Gasteiger partial charge in [-0.1, -0.05) is 88.6 Å². The molecule has 0 aliphatic carbocycles. The van der Waals surface area contributed by atoms with Crippen molar-refractivity contribution in [3.05, 3.63) is 147 Å². The molecule has 5 aromatic rings. The van der Waals surface area contributed by atoms with Crippen molar-refractivity contribution in [2.75, 3.05) is 6.61 Å². The second-order valence-electron chi connectivity index (χ2n) is 10.2. The molecule has 1 atom stereocenters. The van der Waals surface area contributed by atoms with E-state index < -0.39 is 12.0 Å². The molecule has 0 radical (unpaired) electrons. The Balaban J connectivity index is 1.59. The minimum atomic E-state index is -0.774. The van der Waals surface area contributed by atoms with Crippen molar-refractivity contribution in [3.8, 4) is 5.69 Å². The lowest BCUT2D eigenvalue weighted by molar-refractivity contribution is -0.138. The van der Waals surface area contributed by atoms with E-state index in [1.165, 1.54) is 11.3 Å². The Bertz CT molecular complexity index is 2130. The number of hydrogen-bond acceptors (Lipinski definition) is 5. The van der Waals surface area contributed by atoms with Gasteiger partial charge in [0.15, 0.2) is 4.80 Å². The summed E-state index contributed by atoms with van der Waals surface area (Å²) in [5.41, 5.74) is 5.59. The van der Waals surface area contributed by atoms with E-state index in [-0.39, 0.29) is 17.7 Å². The van der Waals surface area contributed by atoms with Crippen LogP contribution in [0.5, 0.6) is 0 Å². The summed E-state index contributed by atoms with van der Waals surface area (Å²) in [6, 6.07) is 23.3. The second kappa shape index (κ2) is 12.3. The minimum absolute atomic E-state index is 0.177. The van der Waals surface area contributed by atoms with Crippen molar-refractivity contribution in [1.82, 2.24) is 9.13 Å². The topological polar surface area (TPSA) is 65.6 Å². The van der Waals surface area contributed by atoms with Crippen LogP contribution in [0.2, 0.25) is 15.1 Å². The molecule has 0 bridgehead atoms. The van der Waals surface area contributed by atoms with Crippen molar-refractivity contribution in [3.63, 3.8) is 0 Å². The molecule has 3 aromatic carbocycles. The van der Waals surface area contributed by atoms with Crippen LogP contribution in [0.15, 0.2) is 94.2 Å². The van der Waals surface area contributed by atoms with E-state index in [0.717, 1.165) is 28.2 Å². The Hall–Kier alpha value is -3.88. The smallest absolute Gasteiger partial charge is 0.338 e. The third-order valence-electron chi connectivity index (χ3n) is 7.48. The van der Waals surface area contributed by atoms with Crippen LogP contribution in [0.25, 0.3) is 17.5 Å². The molecule has 222 valence electrons. The van der Waals surface area contributed by atoms with Crippen LogP contribution in [0.1, 0.15) is 41.0 Å². The van der Waals surface area contributed by atoms with Gasteiger partial charge in [0.25, 0.3) is 5.56 Å². The number of thiazole rings is 1. The number of ether oxygens (including phenoxy) is 1. The number of carbonyl (C=O) groups excluding carboxylic acids is 1. The molecular weight excluding hydrogens is 637 g/mol. The highest BCUT2D eigenvalue weighted by atomic mass is 35.5. The highest BCUT2D eigenvalue weighted by Gasteiger charge is 2.35. The Kier molecular flexibility index (Phi) is 8.40. The monoisotopic (exact) mass is 661 g/mol. The molecule has 0 amide bonds. The van der Waals surface area contributed by atoms with Crippen LogP contribution < -0.4 is 14.9 Å². The van der Waals surface area contributed by atoms with Gasteiger partial charge < -0.3 is 9.30 Å². The second-order valence-corrected chi connectivity index (χ2v) is 12.5. The van der Waals surface area contributed by atoms with Crippen molar-refractivity contribution < 1.29 is 9.53 Å². The van der Waals surface area contributed by atoms with Crippen molar-refractivity contribution in [2.45, 2.75) is 26.8 Å². The number of benzene rings is 3.